The molecule has 0 bridgehead atoms. The molecule has 2 N–H and O–H groups in total. The predicted octanol–water partition coefficient (Wildman–Crippen LogP) is 5.14. The van der Waals surface area contributed by atoms with Crippen molar-refractivity contribution in [1.29, 1.82) is 0 Å². The van der Waals surface area contributed by atoms with Crippen molar-refractivity contribution in [2.75, 3.05) is 0 Å². The molecule has 0 spiro atoms. The fourth-order valence-corrected chi connectivity index (χ4v) is 3.78. The maximum Gasteiger partial charge on any atom is 0.160 e. The number of Topliss-reactive ketones (excluding diaryl/α,β-unsaturated/α-hetero) is 1. The molecule has 2 rings (SSSR count). The smallest absolute Gasteiger partial charge is 0.160 e. The maximum atomic E-state index is 12.3. The van der Waals surface area contributed by atoms with Gasteiger partial charge in [0.2, 0.25) is 0 Å². The molecule has 2 aromatic rings. The summed E-state index contributed by atoms with van der Waals surface area (Å²) in [6, 6.07) is 20.0. The number of hydrogen-bond donors (Lipinski definition) is 2. The molecule has 0 aliphatic heterocycles. The molecule has 3 nitrogen and oxygen atoms in total. The second-order valence-electron chi connectivity index (χ2n) is 8.65. The van der Waals surface area contributed by atoms with Crippen LogP contribution >= 0.6 is 0 Å². The molecule has 1 atom stereocenters. The molecule has 0 fully saturated rings. The SMILES string of the molecule is CC(C)(CCCC(=O)CCCC(C)(c1ccccc1)C(O)O)c1ccccc1. The van der Waals surface area contributed by atoms with E-state index in [1.54, 1.807) is 0 Å². The Morgan fingerprint density at radius 2 is 1.25 bits per heavy atom. The fourth-order valence-electron chi connectivity index (χ4n) is 3.78. The van der Waals surface area contributed by atoms with Crippen LogP contribution in [0.25, 0.3) is 0 Å². The van der Waals surface area contributed by atoms with E-state index in [0.29, 0.717) is 25.7 Å². The van der Waals surface area contributed by atoms with Crippen LogP contribution in [0.2, 0.25) is 0 Å². The minimum atomic E-state index is -1.45. The van der Waals surface area contributed by atoms with E-state index in [9.17, 15) is 15.0 Å². The van der Waals surface area contributed by atoms with Gasteiger partial charge < -0.3 is 10.2 Å². The van der Waals surface area contributed by atoms with Gasteiger partial charge in [0.05, 0.1) is 0 Å². The first-order valence-electron chi connectivity index (χ1n) is 10.2. The van der Waals surface area contributed by atoms with Crippen LogP contribution in [0.1, 0.15) is 70.4 Å². The fraction of sp³-hybridized carbons (Fsp3) is 0.480. The van der Waals surface area contributed by atoms with E-state index in [1.807, 2.05) is 43.3 Å². The first-order valence-corrected chi connectivity index (χ1v) is 10.2. The summed E-state index contributed by atoms with van der Waals surface area (Å²) in [5.41, 5.74) is 1.51. The number of rotatable bonds is 11. The Morgan fingerprint density at radius 3 is 1.75 bits per heavy atom. The third-order valence-corrected chi connectivity index (χ3v) is 5.97. The zero-order valence-electron chi connectivity index (χ0n) is 17.4. The molecule has 0 radical (unpaired) electrons. The number of aliphatic hydroxyl groups excluding tert-OH is 1. The van der Waals surface area contributed by atoms with Crippen molar-refractivity contribution in [3.8, 4) is 0 Å². The van der Waals surface area contributed by atoms with E-state index >= 15 is 0 Å². The van der Waals surface area contributed by atoms with Crippen molar-refractivity contribution in [1.82, 2.24) is 0 Å². The minimum Gasteiger partial charge on any atom is -0.367 e. The van der Waals surface area contributed by atoms with Crippen LogP contribution in [0, 0.1) is 0 Å². The Labute approximate surface area is 169 Å². The van der Waals surface area contributed by atoms with Gasteiger partial charge in [0.25, 0.3) is 0 Å². The topological polar surface area (TPSA) is 57.5 Å². The molecule has 3 heteroatoms. The molecule has 0 amide bonds. The minimum absolute atomic E-state index is 0.0639. The van der Waals surface area contributed by atoms with Gasteiger partial charge in [-0.15, -0.1) is 0 Å². The highest BCUT2D eigenvalue weighted by molar-refractivity contribution is 5.78. The van der Waals surface area contributed by atoms with Crippen molar-refractivity contribution in [3.05, 3.63) is 71.8 Å². The molecular weight excluding hydrogens is 348 g/mol. The maximum absolute atomic E-state index is 12.3. The standard InChI is InChI=1S/C25H34O3/c1-24(2,20-12-6-4-7-13-20)18-10-16-22(26)17-11-19-25(3,23(27)28)21-14-8-5-9-15-21/h4-9,12-15,23,27-28H,10-11,16-19H2,1-3H3. The summed E-state index contributed by atoms with van der Waals surface area (Å²) in [4.78, 5) is 12.3. The highest BCUT2D eigenvalue weighted by Crippen LogP contribution is 2.33. The average Bonchev–Trinajstić information content (AvgIpc) is 2.69. The average molecular weight is 383 g/mol. The zero-order valence-corrected chi connectivity index (χ0v) is 17.4. The Morgan fingerprint density at radius 1 is 0.786 bits per heavy atom. The second kappa shape index (κ2) is 9.99. The van der Waals surface area contributed by atoms with E-state index in [1.165, 1.54) is 5.56 Å². The van der Waals surface area contributed by atoms with Gasteiger partial charge in [-0.05, 0) is 42.2 Å². The summed E-state index contributed by atoms with van der Waals surface area (Å²) in [5, 5.41) is 19.8. The van der Waals surface area contributed by atoms with Crippen molar-refractivity contribution >= 4 is 5.78 Å². The van der Waals surface area contributed by atoms with Crippen LogP contribution in [-0.2, 0) is 15.6 Å². The van der Waals surface area contributed by atoms with Gasteiger partial charge in [-0.25, -0.2) is 0 Å². The lowest BCUT2D eigenvalue weighted by atomic mass is 9.77. The number of benzene rings is 2. The van der Waals surface area contributed by atoms with Gasteiger partial charge in [0.1, 0.15) is 5.78 Å². The quantitative estimate of drug-likeness (QED) is 0.529. The zero-order chi connectivity index (χ0) is 20.6. The van der Waals surface area contributed by atoms with E-state index in [0.717, 1.165) is 18.4 Å². The number of carbonyl (C=O) groups excluding carboxylic acids is 1. The van der Waals surface area contributed by atoms with Gasteiger partial charge in [0.15, 0.2) is 6.29 Å². The molecule has 0 heterocycles. The third-order valence-electron chi connectivity index (χ3n) is 5.97. The molecule has 2 aromatic carbocycles. The molecule has 0 saturated heterocycles. The largest absolute Gasteiger partial charge is 0.367 e. The second-order valence-corrected chi connectivity index (χ2v) is 8.65. The number of aliphatic hydroxyl groups is 2. The molecule has 0 saturated carbocycles. The lowest BCUT2D eigenvalue weighted by Gasteiger charge is -2.32. The summed E-state index contributed by atoms with van der Waals surface area (Å²) in [7, 11) is 0. The third kappa shape index (κ3) is 6.02. The van der Waals surface area contributed by atoms with Gasteiger partial charge in [-0.3, -0.25) is 4.79 Å². The first-order chi connectivity index (χ1) is 13.3. The van der Waals surface area contributed by atoms with Crippen LogP contribution in [0.3, 0.4) is 0 Å². The Balaban J connectivity index is 1.79. The highest BCUT2D eigenvalue weighted by Gasteiger charge is 2.33. The van der Waals surface area contributed by atoms with E-state index < -0.39 is 11.7 Å². The van der Waals surface area contributed by atoms with Gasteiger partial charge in [-0.1, -0.05) is 81.4 Å². The number of ketones is 1. The summed E-state index contributed by atoms with van der Waals surface area (Å²) in [5.74, 6) is 0.256. The lowest BCUT2D eigenvalue weighted by Crippen LogP contribution is -2.36. The highest BCUT2D eigenvalue weighted by atomic mass is 16.5. The van der Waals surface area contributed by atoms with E-state index in [4.69, 9.17) is 0 Å². The number of hydrogen-bond acceptors (Lipinski definition) is 3. The first kappa shape index (κ1) is 22.3. The van der Waals surface area contributed by atoms with Crippen LogP contribution in [0.5, 0.6) is 0 Å². The monoisotopic (exact) mass is 382 g/mol. The van der Waals surface area contributed by atoms with Gasteiger partial charge in [0, 0.05) is 18.3 Å². The van der Waals surface area contributed by atoms with Crippen LogP contribution in [-0.4, -0.2) is 22.3 Å². The molecule has 152 valence electrons. The van der Waals surface area contributed by atoms with Crippen LogP contribution in [0.4, 0.5) is 0 Å². The molecule has 0 aliphatic rings. The van der Waals surface area contributed by atoms with Gasteiger partial charge in [-0.2, -0.15) is 0 Å². The molecule has 0 aliphatic carbocycles. The van der Waals surface area contributed by atoms with Crippen molar-refractivity contribution in [2.45, 2.75) is 76.4 Å². The molecule has 0 aromatic heterocycles. The van der Waals surface area contributed by atoms with E-state index in [-0.39, 0.29) is 11.2 Å². The normalized spacial score (nSPS) is 14.1. The Bertz CT molecular complexity index is 722. The summed E-state index contributed by atoms with van der Waals surface area (Å²) in [6.45, 7) is 6.29. The van der Waals surface area contributed by atoms with Crippen molar-refractivity contribution in [3.63, 3.8) is 0 Å². The Hall–Kier alpha value is -1.97. The molecule has 28 heavy (non-hydrogen) atoms. The summed E-state index contributed by atoms with van der Waals surface area (Å²) >= 11 is 0. The van der Waals surface area contributed by atoms with Crippen molar-refractivity contribution in [2.24, 2.45) is 0 Å². The number of carbonyl (C=O) groups is 1. The summed E-state index contributed by atoms with van der Waals surface area (Å²) < 4.78 is 0. The van der Waals surface area contributed by atoms with Gasteiger partial charge >= 0.3 is 0 Å². The van der Waals surface area contributed by atoms with E-state index in [2.05, 4.69) is 38.1 Å². The molecular formula is C25H34O3. The predicted molar refractivity (Wildman–Crippen MR) is 114 cm³/mol. The van der Waals surface area contributed by atoms with Crippen LogP contribution < -0.4 is 0 Å². The Kier molecular flexibility index (Phi) is 7.97. The lowest BCUT2D eigenvalue weighted by molar-refractivity contribution is -0.120. The van der Waals surface area contributed by atoms with Crippen molar-refractivity contribution < 1.29 is 15.0 Å². The summed E-state index contributed by atoms with van der Waals surface area (Å²) in [6.07, 6.45) is 2.69. The molecule has 1 unspecified atom stereocenters. The van der Waals surface area contributed by atoms with Crippen LogP contribution in [0.15, 0.2) is 60.7 Å².